The topological polar surface area (TPSA) is 66.8 Å². The zero-order valence-corrected chi connectivity index (χ0v) is 18.5. The minimum absolute atomic E-state index is 0.0305. The largest absolute Gasteiger partial charge is 0.314 e. The third-order valence-electron chi connectivity index (χ3n) is 5.70. The standard InChI is InChI=1S/C19H22Cl2N2O3S2/c20-13-6-7-14(21)15(9-13)23-16-10-28(25,26)11-17(16)27-19(23)22-18(24)8-5-12-3-1-2-4-12/h6-7,9,12,16-17H,1-5,8,10-11H2/t16-,17+/m1/s1. The fourth-order valence-electron chi connectivity index (χ4n) is 4.31. The van der Waals surface area contributed by atoms with Gasteiger partial charge in [-0.25, -0.2) is 8.42 Å². The van der Waals surface area contributed by atoms with Crippen LogP contribution in [0.2, 0.25) is 10.0 Å². The van der Waals surface area contributed by atoms with E-state index in [-0.39, 0.29) is 28.7 Å². The second-order valence-corrected chi connectivity index (χ2v) is 11.9. The van der Waals surface area contributed by atoms with E-state index in [1.54, 1.807) is 18.2 Å². The van der Waals surface area contributed by atoms with Gasteiger partial charge in [-0.15, -0.1) is 0 Å². The van der Waals surface area contributed by atoms with E-state index in [9.17, 15) is 13.2 Å². The summed E-state index contributed by atoms with van der Waals surface area (Å²) in [6.07, 6.45) is 6.21. The molecular weight excluding hydrogens is 439 g/mol. The average molecular weight is 461 g/mol. The molecule has 0 radical (unpaired) electrons. The van der Waals surface area contributed by atoms with Gasteiger partial charge in [0.05, 0.1) is 28.3 Å². The molecule has 0 bridgehead atoms. The molecule has 0 aromatic heterocycles. The van der Waals surface area contributed by atoms with Crippen LogP contribution in [0.15, 0.2) is 23.2 Å². The molecule has 0 spiro atoms. The number of hydrogen-bond donors (Lipinski definition) is 0. The Morgan fingerprint density at radius 1 is 1.21 bits per heavy atom. The minimum atomic E-state index is -3.12. The van der Waals surface area contributed by atoms with E-state index in [0.717, 1.165) is 6.42 Å². The molecule has 2 heterocycles. The Bertz CT molecular complexity index is 914. The number of hydrogen-bond acceptors (Lipinski definition) is 4. The monoisotopic (exact) mass is 460 g/mol. The summed E-state index contributed by atoms with van der Waals surface area (Å²) in [6.45, 7) is 0. The molecular formula is C19H22Cl2N2O3S2. The number of benzene rings is 1. The predicted octanol–water partition coefficient (Wildman–Crippen LogP) is 4.57. The minimum Gasteiger partial charge on any atom is -0.314 e. The van der Waals surface area contributed by atoms with Gasteiger partial charge in [0.2, 0.25) is 5.91 Å². The van der Waals surface area contributed by atoms with E-state index in [0.29, 0.717) is 33.2 Å². The van der Waals surface area contributed by atoms with Crippen molar-refractivity contribution in [1.82, 2.24) is 0 Å². The highest BCUT2D eigenvalue weighted by atomic mass is 35.5. The summed E-state index contributed by atoms with van der Waals surface area (Å²) < 4.78 is 24.3. The highest BCUT2D eigenvalue weighted by Gasteiger charge is 2.49. The van der Waals surface area contributed by atoms with Gasteiger partial charge in [0.1, 0.15) is 0 Å². The molecule has 5 nitrogen and oxygen atoms in total. The highest BCUT2D eigenvalue weighted by molar-refractivity contribution is 8.16. The van der Waals surface area contributed by atoms with Crippen LogP contribution in [0.5, 0.6) is 0 Å². The lowest BCUT2D eigenvalue weighted by Crippen LogP contribution is -2.38. The molecule has 1 aromatic rings. The van der Waals surface area contributed by atoms with Crippen molar-refractivity contribution >= 4 is 61.6 Å². The number of fused-ring (bicyclic) bond motifs is 1. The van der Waals surface area contributed by atoms with Crippen molar-refractivity contribution in [3.05, 3.63) is 28.2 Å². The molecule has 9 heteroatoms. The first-order valence-corrected chi connectivity index (χ1v) is 13.0. The molecule has 4 rings (SSSR count). The Morgan fingerprint density at radius 2 is 1.96 bits per heavy atom. The van der Waals surface area contributed by atoms with Crippen molar-refractivity contribution in [3.63, 3.8) is 0 Å². The number of thioether (sulfide) groups is 1. The van der Waals surface area contributed by atoms with E-state index in [4.69, 9.17) is 23.2 Å². The number of carbonyl (C=O) groups excluding carboxylic acids is 1. The maximum absolute atomic E-state index is 12.5. The van der Waals surface area contributed by atoms with Gasteiger partial charge in [-0.1, -0.05) is 60.6 Å². The second-order valence-electron chi connectivity index (χ2n) is 7.74. The summed E-state index contributed by atoms with van der Waals surface area (Å²) in [4.78, 5) is 18.7. The summed E-state index contributed by atoms with van der Waals surface area (Å²) in [5.74, 6) is 0.596. The second kappa shape index (κ2) is 8.17. The Kier molecular flexibility index (Phi) is 5.98. The van der Waals surface area contributed by atoms with E-state index >= 15 is 0 Å². The first-order chi connectivity index (χ1) is 13.3. The number of amidine groups is 1. The van der Waals surface area contributed by atoms with Gasteiger partial charge in [-0.3, -0.25) is 4.79 Å². The van der Waals surface area contributed by atoms with Gasteiger partial charge < -0.3 is 4.90 Å². The van der Waals surface area contributed by atoms with Gasteiger partial charge in [0, 0.05) is 16.7 Å². The lowest BCUT2D eigenvalue weighted by Gasteiger charge is -2.25. The van der Waals surface area contributed by atoms with Gasteiger partial charge >= 0.3 is 0 Å². The molecule has 2 aliphatic heterocycles. The molecule has 2 atom stereocenters. The number of nitrogens with zero attached hydrogens (tertiary/aromatic N) is 2. The van der Waals surface area contributed by atoms with E-state index in [1.807, 2.05) is 4.90 Å². The maximum Gasteiger partial charge on any atom is 0.248 e. The fourth-order valence-corrected chi connectivity index (χ4v) is 8.60. The van der Waals surface area contributed by atoms with Crippen LogP contribution in [0.1, 0.15) is 38.5 Å². The quantitative estimate of drug-likeness (QED) is 0.658. The molecule has 0 unspecified atom stereocenters. The Labute approximate surface area is 179 Å². The molecule has 1 amide bonds. The normalized spacial score (nSPS) is 28.2. The van der Waals surface area contributed by atoms with Crippen LogP contribution >= 0.6 is 35.0 Å². The number of halogens is 2. The van der Waals surface area contributed by atoms with Gasteiger partial charge in [-0.2, -0.15) is 4.99 Å². The van der Waals surface area contributed by atoms with E-state index in [1.165, 1.54) is 37.4 Å². The zero-order chi connectivity index (χ0) is 19.9. The lowest BCUT2D eigenvalue weighted by molar-refractivity contribution is -0.118. The summed E-state index contributed by atoms with van der Waals surface area (Å²) >= 11 is 13.9. The Morgan fingerprint density at radius 3 is 2.71 bits per heavy atom. The van der Waals surface area contributed by atoms with E-state index in [2.05, 4.69) is 4.99 Å². The SMILES string of the molecule is O=C(CCC1CCCC1)N=C1S[C@H]2CS(=O)(=O)C[C@H]2N1c1cc(Cl)ccc1Cl. The zero-order valence-electron chi connectivity index (χ0n) is 15.3. The number of aliphatic imine (C=N–C) groups is 1. The van der Waals surface area contributed by atoms with Crippen molar-refractivity contribution in [3.8, 4) is 0 Å². The van der Waals surface area contributed by atoms with Crippen molar-refractivity contribution in [2.45, 2.75) is 49.8 Å². The van der Waals surface area contributed by atoms with Gasteiger partial charge in [-0.05, 0) is 30.5 Å². The molecule has 1 saturated carbocycles. The predicted molar refractivity (Wildman–Crippen MR) is 116 cm³/mol. The number of rotatable bonds is 4. The molecule has 2 saturated heterocycles. The van der Waals surface area contributed by atoms with E-state index < -0.39 is 9.84 Å². The van der Waals surface area contributed by atoms with Crippen LogP contribution < -0.4 is 4.90 Å². The van der Waals surface area contributed by atoms with Crippen molar-refractivity contribution in [2.75, 3.05) is 16.4 Å². The molecule has 1 aliphatic carbocycles. The molecule has 152 valence electrons. The summed E-state index contributed by atoms with van der Waals surface area (Å²) in [5.41, 5.74) is 0.605. The summed E-state index contributed by atoms with van der Waals surface area (Å²) in [7, 11) is -3.12. The van der Waals surface area contributed by atoms with Crippen LogP contribution in [0, 0.1) is 5.92 Å². The van der Waals surface area contributed by atoms with Crippen LogP contribution in [-0.4, -0.2) is 42.3 Å². The van der Waals surface area contributed by atoms with Crippen LogP contribution in [0.3, 0.4) is 0 Å². The third-order valence-corrected chi connectivity index (χ3v) is 9.46. The number of sulfone groups is 1. The third kappa shape index (κ3) is 4.37. The van der Waals surface area contributed by atoms with Gasteiger partial charge in [0.25, 0.3) is 0 Å². The maximum atomic E-state index is 12.5. The van der Waals surface area contributed by atoms with Crippen molar-refractivity contribution in [1.29, 1.82) is 0 Å². The number of amides is 1. The molecule has 28 heavy (non-hydrogen) atoms. The fraction of sp³-hybridized carbons (Fsp3) is 0.579. The van der Waals surface area contributed by atoms with Crippen LogP contribution in [-0.2, 0) is 14.6 Å². The molecule has 0 N–H and O–H groups in total. The first kappa shape index (κ1) is 20.5. The van der Waals surface area contributed by atoms with Crippen molar-refractivity contribution in [2.24, 2.45) is 10.9 Å². The first-order valence-electron chi connectivity index (χ1n) is 9.55. The number of carbonyl (C=O) groups is 1. The van der Waals surface area contributed by atoms with Crippen molar-refractivity contribution < 1.29 is 13.2 Å². The molecule has 3 aliphatic rings. The van der Waals surface area contributed by atoms with Gasteiger partial charge in [0.15, 0.2) is 15.0 Å². The smallest absolute Gasteiger partial charge is 0.248 e. The average Bonchev–Trinajstić information content (AvgIpc) is 3.30. The van der Waals surface area contributed by atoms with Crippen LogP contribution in [0.4, 0.5) is 5.69 Å². The number of anilines is 1. The Balaban J connectivity index is 1.60. The molecule has 1 aromatic carbocycles. The molecule has 3 fully saturated rings. The highest BCUT2D eigenvalue weighted by Crippen LogP contribution is 2.43. The lowest BCUT2D eigenvalue weighted by atomic mass is 10.0. The summed E-state index contributed by atoms with van der Waals surface area (Å²) in [6, 6.07) is 4.78. The van der Waals surface area contributed by atoms with Crippen LogP contribution in [0.25, 0.3) is 0 Å². The summed E-state index contributed by atoms with van der Waals surface area (Å²) in [5, 5.41) is 1.34. The Hall–Kier alpha value is -0.760.